The Morgan fingerprint density at radius 3 is 2.56 bits per heavy atom. The monoisotopic (exact) mass is 573 g/mol. The van der Waals surface area contributed by atoms with Crippen molar-refractivity contribution in [1.29, 1.82) is 0 Å². The number of hydrogen-bond donors (Lipinski definition) is 2. The zero-order valence-corrected chi connectivity index (χ0v) is 23.5. The molecule has 36 heavy (non-hydrogen) atoms. The van der Waals surface area contributed by atoms with Gasteiger partial charge >= 0.3 is 6.09 Å². The van der Waals surface area contributed by atoms with E-state index in [1.165, 1.54) is 11.3 Å². The van der Waals surface area contributed by atoms with Gasteiger partial charge in [-0.1, -0.05) is 6.07 Å². The number of carbonyl (C=O) groups excluding carboxylic acids is 2. The largest absolute Gasteiger partial charge is 0.444 e. The minimum Gasteiger partial charge on any atom is -0.444 e. The van der Waals surface area contributed by atoms with E-state index in [1.807, 2.05) is 39.8 Å². The summed E-state index contributed by atoms with van der Waals surface area (Å²) in [6.45, 7) is 10.8. The molecular weight excluding hydrogens is 542 g/mol. The van der Waals surface area contributed by atoms with Gasteiger partial charge in [0.15, 0.2) is 0 Å². The topological polar surface area (TPSA) is 101 Å². The number of rotatable bonds is 5. The Bertz CT molecular complexity index is 1280. The molecule has 8 nitrogen and oxygen atoms in total. The van der Waals surface area contributed by atoms with Crippen molar-refractivity contribution >= 4 is 60.9 Å². The van der Waals surface area contributed by atoms with Crippen LogP contribution in [0.15, 0.2) is 34.8 Å². The van der Waals surface area contributed by atoms with Crippen molar-refractivity contribution in [2.24, 2.45) is 0 Å². The van der Waals surface area contributed by atoms with E-state index in [0.29, 0.717) is 36.6 Å². The summed E-state index contributed by atoms with van der Waals surface area (Å²) in [5.74, 6) is -0.174. The SMILES string of the molecule is Cc1ccc2c(N)c(C(=O)NCCc3ccc(N4CCN(C(=O)OC(C)(C)C)CC4)c(Br)c3)sc2n1. The standard InChI is InChI=1S/C26H32BrN5O3S/c1-16-5-7-18-21(28)22(36-24(18)30-16)23(33)29-10-9-17-6-8-20(19(27)15-17)31-11-13-32(14-12-31)25(34)35-26(2,3)4/h5-8,15H,9-14,28H2,1-4H3,(H,29,33). The minimum atomic E-state index is -0.493. The van der Waals surface area contributed by atoms with Crippen molar-refractivity contribution in [1.82, 2.24) is 15.2 Å². The lowest BCUT2D eigenvalue weighted by Gasteiger charge is -2.37. The predicted octanol–water partition coefficient (Wildman–Crippen LogP) is 4.98. The number of hydrogen-bond acceptors (Lipinski definition) is 7. The van der Waals surface area contributed by atoms with Gasteiger partial charge in [0.25, 0.3) is 5.91 Å². The Balaban J connectivity index is 1.30. The Morgan fingerprint density at radius 1 is 1.17 bits per heavy atom. The molecule has 0 spiro atoms. The van der Waals surface area contributed by atoms with Crippen molar-refractivity contribution in [2.75, 3.05) is 43.4 Å². The van der Waals surface area contributed by atoms with Gasteiger partial charge in [-0.15, -0.1) is 11.3 Å². The van der Waals surface area contributed by atoms with Gasteiger partial charge in [0.2, 0.25) is 0 Å². The minimum absolute atomic E-state index is 0.174. The summed E-state index contributed by atoms with van der Waals surface area (Å²) in [5, 5.41) is 3.80. The van der Waals surface area contributed by atoms with E-state index in [1.54, 1.807) is 4.90 Å². The van der Waals surface area contributed by atoms with Gasteiger partial charge in [0.05, 0.1) is 11.4 Å². The molecule has 0 unspecified atom stereocenters. The third-order valence-electron chi connectivity index (χ3n) is 5.92. The van der Waals surface area contributed by atoms with Crippen LogP contribution in [-0.2, 0) is 11.2 Å². The Hall–Kier alpha value is -2.85. The second-order valence-electron chi connectivity index (χ2n) is 9.90. The van der Waals surface area contributed by atoms with Crippen LogP contribution in [0.1, 0.15) is 41.7 Å². The summed E-state index contributed by atoms with van der Waals surface area (Å²) in [4.78, 5) is 34.8. The molecule has 1 fully saturated rings. The number of aryl methyl sites for hydroxylation is 1. The molecule has 192 valence electrons. The first kappa shape index (κ1) is 26.2. The third-order valence-corrected chi connectivity index (χ3v) is 7.67. The van der Waals surface area contributed by atoms with E-state index in [4.69, 9.17) is 10.5 Å². The molecule has 2 aromatic heterocycles. The van der Waals surface area contributed by atoms with E-state index in [-0.39, 0.29) is 12.0 Å². The quantitative estimate of drug-likeness (QED) is 0.446. The molecule has 4 rings (SSSR count). The molecule has 1 aromatic carbocycles. The van der Waals surface area contributed by atoms with Crippen LogP contribution < -0.4 is 16.0 Å². The number of thiophene rings is 1. The highest BCUT2D eigenvalue weighted by atomic mass is 79.9. The summed E-state index contributed by atoms with van der Waals surface area (Å²) in [7, 11) is 0. The second kappa shape index (κ2) is 10.6. The van der Waals surface area contributed by atoms with Gasteiger partial charge in [-0.3, -0.25) is 4.79 Å². The van der Waals surface area contributed by atoms with E-state index in [0.717, 1.165) is 44.7 Å². The van der Waals surface area contributed by atoms with Crippen LogP contribution in [0, 0.1) is 6.92 Å². The number of ether oxygens (including phenoxy) is 1. The van der Waals surface area contributed by atoms with Crippen LogP contribution in [0.4, 0.5) is 16.2 Å². The van der Waals surface area contributed by atoms with Crippen molar-refractivity contribution in [3.05, 3.63) is 50.9 Å². The molecule has 0 saturated carbocycles. The zero-order valence-electron chi connectivity index (χ0n) is 21.1. The summed E-state index contributed by atoms with van der Waals surface area (Å²) in [5.41, 5.74) is 9.29. The average Bonchev–Trinajstić information content (AvgIpc) is 3.13. The van der Waals surface area contributed by atoms with E-state index < -0.39 is 5.60 Å². The average molecular weight is 575 g/mol. The smallest absolute Gasteiger partial charge is 0.410 e. The molecule has 1 saturated heterocycles. The lowest BCUT2D eigenvalue weighted by Crippen LogP contribution is -2.50. The zero-order chi connectivity index (χ0) is 26.0. The molecule has 1 aliphatic rings. The first-order valence-corrected chi connectivity index (χ1v) is 13.6. The van der Waals surface area contributed by atoms with Gasteiger partial charge in [0, 0.05) is 48.3 Å². The number of fused-ring (bicyclic) bond motifs is 1. The molecular formula is C26H32BrN5O3S. The van der Waals surface area contributed by atoms with Gasteiger partial charge in [-0.2, -0.15) is 0 Å². The lowest BCUT2D eigenvalue weighted by molar-refractivity contribution is 0.0240. The number of nitrogen functional groups attached to an aromatic ring is 1. The van der Waals surface area contributed by atoms with Crippen molar-refractivity contribution in [3.8, 4) is 0 Å². The van der Waals surface area contributed by atoms with Crippen LogP contribution in [0.25, 0.3) is 10.2 Å². The number of benzene rings is 1. The number of pyridine rings is 1. The molecule has 10 heteroatoms. The fraction of sp³-hybridized carbons (Fsp3) is 0.423. The van der Waals surface area contributed by atoms with Crippen LogP contribution >= 0.6 is 27.3 Å². The summed E-state index contributed by atoms with van der Waals surface area (Å²) >= 11 is 5.03. The maximum absolute atomic E-state index is 12.7. The fourth-order valence-electron chi connectivity index (χ4n) is 4.08. The Labute approximate surface area is 223 Å². The number of nitrogens with one attached hydrogen (secondary N) is 1. The molecule has 1 aliphatic heterocycles. The van der Waals surface area contributed by atoms with Crippen LogP contribution in [0.5, 0.6) is 0 Å². The molecule has 3 N–H and O–H groups in total. The molecule has 0 bridgehead atoms. The van der Waals surface area contributed by atoms with Crippen molar-refractivity contribution in [3.63, 3.8) is 0 Å². The van der Waals surface area contributed by atoms with E-state index in [2.05, 4.69) is 49.3 Å². The highest BCUT2D eigenvalue weighted by Crippen LogP contribution is 2.32. The number of piperazine rings is 1. The van der Waals surface area contributed by atoms with E-state index in [9.17, 15) is 9.59 Å². The second-order valence-corrected chi connectivity index (χ2v) is 11.7. The Morgan fingerprint density at radius 2 is 1.89 bits per heavy atom. The van der Waals surface area contributed by atoms with Gasteiger partial charge in [0.1, 0.15) is 15.3 Å². The number of nitrogens with zero attached hydrogens (tertiary/aromatic N) is 3. The van der Waals surface area contributed by atoms with Gasteiger partial charge in [-0.25, -0.2) is 9.78 Å². The summed E-state index contributed by atoms with van der Waals surface area (Å²) in [6.07, 6.45) is 0.432. The number of anilines is 2. The van der Waals surface area contributed by atoms with Crippen LogP contribution in [-0.4, -0.2) is 60.2 Å². The number of aromatic nitrogens is 1. The van der Waals surface area contributed by atoms with Crippen LogP contribution in [0.3, 0.4) is 0 Å². The highest BCUT2D eigenvalue weighted by molar-refractivity contribution is 9.10. The summed E-state index contributed by atoms with van der Waals surface area (Å²) < 4.78 is 6.48. The predicted molar refractivity (Wildman–Crippen MR) is 149 cm³/mol. The molecule has 3 heterocycles. The van der Waals surface area contributed by atoms with E-state index >= 15 is 0 Å². The first-order chi connectivity index (χ1) is 17.0. The maximum atomic E-state index is 12.7. The number of halogens is 1. The fourth-order valence-corrected chi connectivity index (χ4v) is 5.81. The molecule has 0 radical (unpaired) electrons. The maximum Gasteiger partial charge on any atom is 0.410 e. The molecule has 0 aliphatic carbocycles. The first-order valence-electron chi connectivity index (χ1n) is 12.0. The van der Waals surface area contributed by atoms with Crippen molar-refractivity contribution in [2.45, 2.75) is 39.7 Å². The normalized spacial score (nSPS) is 14.2. The van der Waals surface area contributed by atoms with Crippen molar-refractivity contribution < 1.29 is 14.3 Å². The number of carbonyl (C=O) groups is 2. The Kier molecular flexibility index (Phi) is 7.75. The highest BCUT2D eigenvalue weighted by Gasteiger charge is 2.26. The lowest BCUT2D eigenvalue weighted by atomic mass is 10.1. The van der Waals surface area contributed by atoms with Crippen LogP contribution in [0.2, 0.25) is 0 Å². The van der Waals surface area contributed by atoms with Gasteiger partial charge in [-0.05, 0) is 79.9 Å². The molecule has 2 amide bonds. The molecule has 3 aromatic rings. The summed E-state index contributed by atoms with van der Waals surface area (Å²) in [6, 6.07) is 10.1. The number of nitrogens with two attached hydrogens (primary N) is 1. The third kappa shape index (κ3) is 6.10. The van der Waals surface area contributed by atoms with Gasteiger partial charge < -0.3 is 25.6 Å². The molecule has 0 atom stereocenters. The number of amides is 2.